The average molecular weight is 245 g/mol. The van der Waals surface area contributed by atoms with Crippen molar-refractivity contribution in [3.8, 4) is 0 Å². The van der Waals surface area contributed by atoms with Gasteiger partial charge in [-0.1, -0.05) is 18.5 Å². The van der Waals surface area contributed by atoms with Crippen LogP contribution in [0.3, 0.4) is 0 Å². The first-order valence-electron chi connectivity index (χ1n) is 5.02. The van der Waals surface area contributed by atoms with Crippen LogP contribution in [-0.4, -0.2) is 17.5 Å². The Balaban J connectivity index is 2.59. The summed E-state index contributed by atoms with van der Waals surface area (Å²) in [4.78, 5) is 0. The van der Waals surface area contributed by atoms with Gasteiger partial charge in [-0.15, -0.1) is 0 Å². The molecule has 0 aliphatic carbocycles. The number of hydrogen-bond donors (Lipinski definition) is 2. The lowest BCUT2D eigenvalue weighted by atomic mass is 10.2. The first kappa shape index (κ1) is 12.5. The summed E-state index contributed by atoms with van der Waals surface area (Å²) in [6.07, 6.45) is 0. The molecule has 0 fully saturated rings. The van der Waals surface area contributed by atoms with Gasteiger partial charge in [0.2, 0.25) is 0 Å². The largest absolute Gasteiger partial charge is 0.397 e. The minimum absolute atomic E-state index is 0.399. The van der Waals surface area contributed by atoms with E-state index >= 15 is 0 Å². The normalized spacial score (nSPS) is 12.5. The number of nitrogens with one attached hydrogen (secondary N) is 1. The van der Waals surface area contributed by atoms with Crippen molar-refractivity contribution < 1.29 is 0 Å². The number of nitrogen functional groups attached to an aromatic ring is 1. The van der Waals surface area contributed by atoms with Gasteiger partial charge in [0, 0.05) is 16.8 Å². The monoisotopic (exact) mass is 244 g/mol. The summed E-state index contributed by atoms with van der Waals surface area (Å²) in [6.45, 7) is 4.30. The number of halogens is 1. The molecule has 0 saturated carbocycles. The number of hydrogen-bond acceptors (Lipinski definition) is 3. The van der Waals surface area contributed by atoms with Crippen LogP contribution in [0.5, 0.6) is 0 Å². The molecule has 1 aromatic carbocycles. The number of thioether (sulfide) groups is 1. The maximum absolute atomic E-state index is 5.90. The number of rotatable bonds is 5. The fraction of sp³-hybridized carbons (Fsp3) is 0.455. The summed E-state index contributed by atoms with van der Waals surface area (Å²) in [5.74, 6) is 2.21. The molecule has 3 N–H and O–H groups in total. The zero-order valence-corrected chi connectivity index (χ0v) is 10.7. The van der Waals surface area contributed by atoms with Crippen LogP contribution in [-0.2, 0) is 0 Å². The van der Waals surface area contributed by atoms with E-state index in [0.717, 1.165) is 22.9 Å². The van der Waals surface area contributed by atoms with E-state index in [9.17, 15) is 0 Å². The molecule has 0 radical (unpaired) electrons. The predicted octanol–water partition coefficient (Wildman–Crippen LogP) is 3.48. The molecule has 0 saturated heterocycles. The Hall–Kier alpha value is -0.540. The minimum Gasteiger partial charge on any atom is -0.397 e. The van der Waals surface area contributed by atoms with Crippen molar-refractivity contribution >= 4 is 34.7 Å². The van der Waals surface area contributed by atoms with Gasteiger partial charge in [-0.25, -0.2) is 0 Å². The first-order chi connectivity index (χ1) is 7.13. The van der Waals surface area contributed by atoms with E-state index < -0.39 is 0 Å². The van der Waals surface area contributed by atoms with Crippen LogP contribution in [0.25, 0.3) is 0 Å². The second-order valence-corrected chi connectivity index (χ2v) is 5.19. The molecule has 1 atom stereocenters. The maximum Gasteiger partial charge on any atom is 0.0591 e. The van der Waals surface area contributed by atoms with Gasteiger partial charge in [-0.05, 0) is 30.9 Å². The van der Waals surface area contributed by atoms with Crippen molar-refractivity contribution in [3.05, 3.63) is 23.2 Å². The second-order valence-electron chi connectivity index (χ2n) is 3.44. The van der Waals surface area contributed by atoms with Gasteiger partial charge in [0.25, 0.3) is 0 Å². The van der Waals surface area contributed by atoms with E-state index in [-0.39, 0.29) is 0 Å². The van der Waals surface area contributed by atoms with Crippen molar-refractivity contribution in [3.63, 3.8) is 0 Å². The topological polar surface area (TPSA) is 38.0 Å². The predicted molar refractivity (Wildman–Crippen MR) is 71.9 cm³/mol. The van der Waals surface area contributed by atoms with Crippen LogP contribution < -0.4 is 11.1 Å². The Morgan fingerprint density at radius 3 is 2.93 bits per heavy atom. The fourth-order valence-corrected chi connectivity index (χ4v) is 2.10. The van der Waals surface area contributed by atoms with Crippen molar-refractivity contribution in [2.75, 3.05) is 22.6 Å². The van der Waals surface area contributed by atoms with Crippen LogP contribution in [0.15, 0.2) is 18.2 Å². The molecular formula is C11H17ClN2S. The van der Waals surface area contributed by atoms with Gasteiger partial charge in [0.05, 0.1) is 11.4 Å². The van der Waals surface area contributed by atoms with Gasteiger partial charge in [0.15, 0.2) is 0 Å². The Bertz CT molecular complexity index is 317. The molecule has 0 spiro atoms. The Labute approximate surface area is 101 Å². The number of benzene rings is 1. The molecule has 84 valence electrons. The lowest BCUT2D eigenvalue weighted by molar-refractivity contribution is 0.914. The molecule has 0 amide bonds. The second kappa shape index (κ2) is 6.13. The SMILES string of the molecule is CCSCC(C)Nc1cc(Cl)ccc1N. The van der Waals surface area contributed by atoms with Crippen LogP contribution >= 0.6 is 23.4 Å². The van der Waals surface area contributed by atoms with Gasteiger partial charge in [-0.2, -0.15) is 11.8 Å². The lowest BCUT2D eigenvalue weighted by Gasteiger charge is -2.16. The fourth-order valence-electron chi connectivity index (χ4n) is 1.26. The number of anilines is 2. The molecule has 0 aliphatic heterocycles. The van der Waals surface area contributed by atoms with Crippen LogP contribution in [0, 0.1) is 0 Å². The quantitative estimate of drug-likeness (QED) is 0.779. The molecule has 1 aromatic rings. The molecule has 0 aliphatic rings. The third kappa shape index (κ3) is 4.22. The molecule has 0 bridgehead atoms. The van der Waals surface area contributed by atoms with E-state index in [2.05, 4.69) is 19.2 Å². The van der Waals surface area contributed by atoms with Crippen molar-refractivity contribution in [2.24, 2.45) is 0 Å². The smallest absolute Gasteiger partial charge is 0.0591 e. The summed E-state index contributed by atoms with van der Waals surface area (Å²) in [5, 5.41) is 4.07. The maximum atomic E-state index is 5.90. The zero-order valence-electron chi connectivity index (χ0n) is 9.09. The molecule has 0 aromatic heterocycles. The zero-order chi connectivity index (χ0) is 11.3. The highest BCUT2D eigenvalue weighted by molar-refractivity contribution is 7.99. The average Bonchev–Trinajstić information content (AvgIpc) is 2.20. The molecule has 1 unspecified atom stereocenters. The minimum atomic E-state index is 0.399. The molecular weight excluding hydrogens is 228 g/mol. The Kier molecular flexibility index (Phi) is 5.12. The molecule has 1 rings (SSSR count). The van der Waals surface area contributed by atoms with E-state index in [1.807, 2.05) is 23.9 Å². The van der Waals surface area contributed by atoms with Gasteiger partial charge in [0.1, 0.15) is 0 Å². The number of nitrogens with two attached hydrogens (primary N) is 1. The van der Waals surface area contributed by atoms with Gasteiger partial charge in [-0.3, -0.25) is 0 Å². The van der Waals surface area contributed by atoms with E-state index in [4.69, 9.17) is 17.3 Å². The van der Waals surface area contributed by atoms with Crippen molar-refractivity contribution in [1.82, 2.24) is 0 Å². The first-order valence-corrected chi connectivity index (χ1v) is 6.56. The summed E-state index contributed by atoms with van der Waals surface area (Å²) < 4.78 is 0. The van der Waals surface area contributed by atoms with Crippen LogP contribution in [0.1, 0.15) is 13.8 Å². The molecule has 15 heavy (non-hydrogen) atoms. The van der Waals surface area contributed by atoms with E-state index in [1.54, 1.807) is 6.07 Å². The summed E-state index contributed by atoms with van der Waals surface area (Å²) >= 11 is 7.81. The Morgan fingerprint density at radius 2 is 2.27 bits per heavy atom. The Morgan fingerprint density at radius 1 is 1.53 bits per heavy atom. The van der Waals surface area contributed by atoms with Crippen LogP contribution in [0.2, 0.25) is 5.02 Å². The van der Waals surface area contributed by atoms with E-state index in [0.29, 0.717) is 11.1 Å². The highest BCUT2D eigenvalue weighted by Crippen LogP contribution is 2.23. The van der Waals surface area contributed by atoms with Crippen molar-refractivity contribution in [1.29, 1.82) is 0 Å². The summed E-state index contributed by atoms with van der Waals surface area (Å²) in [6, 6.07) is 5.89. The molecule has 0 heterocycles. The molecule has 4 heteroatoms. The highest BCUT2D eigenvalue weighted by atomic mass is 35.5. The van der Waals surface area contributed by atoms with Crippen LogP contribution in [0.4, 0.5) is 11.4 Å². The summed E-state index contributed by atoms with van der Waals surface area (Å²) in [7, 11) is 0. The lowest BCUT2D eigenvalue weighted by Crippen LogP contribution is -2.18. The van der Waals surface area contributed by atoms with Gasteiger partial charge >= 0.3 is 0 Å². The van der Waals surface area contributed by atoms with Gasteiger partial charge < -0.3 is 11.1 Å². The third-order valence-electron chi connectivity index (χ3n) is 1.99. The van der Waals surface area contributed by atoms with E-state index in [1.165, 1.54) is 0 Å². The molecule has 2 nitrogen and oxygen atoms in total. The highest BCUT2D eigenvalue weighted by Gasteiger charge is 2.04. The van der Waals surface area contributed by atoms with Crippen molar-refractivity contribution in [2.45, 2.75) is 19.9 Å². The standard InChI is InChI=1S/C11H17ClN2S/c1-3-15-7-8(2)14-11-6-9(12)4-5-10(11)13/h4-6,8,14H,3,7,13H2,1-2H3. The summed E-state index contributed by atoms with van der Waals surface area (Å²) in [5.41, 5.74) is 7.50. The third-order valence-corrected chi connectivity index (χ3v) is 3.37.